The lowest BCUT2D eigenvalue weighted by atomic mass is 9.94. The van der Waals surface area contributed by atoms with E-state index < -0.39 is 45.9 Å². The molecule has 0 saturated carbocycles. The van der Waals surface area contributed by atoms with Crippen molar-refractivity contribution < 1.29 is 22.4 Å². The Morgan fingerprint density at radius 2 is 1.69 bits per heavy atom. The lowest BCUT2D eigenvalue weighted by Gasteiger charge is -2.41. The second-order valence-electron chi connectivity index (χ2n) is 9.09. The van der Waals surface area contributed by atoms with Crippen molar-refractivity contribution in [3.63, 3.8) is 0 Å². The number of carbonyl (C=O) groups excluding carboxylic acids is 1. The maximum absolute atomic E-state index is 15.3. The summed E-state index contributed by atoms with van der Waals surface area (Å²) in [5.41, 5.74) is -1.27. The van der Waals surface area contributed by atoms with Crippen molar-refractivity contribution in [3.8, 4) is 11.1 Å². The van der Waals surface area contributed by atoms with E-state index >= 15 is 4.39 Å². The molecular formula is C26H26F4N4O. The second kappa shape index (κ2) is 10.0. The molecule has 0 aliphatic carbocycles. The quantitative estimate of drug-likeness (QED) is 0.495. The number of nitrogens with one attached hydrogen (secondary N) is 1. The third-order valence-corrected chi connectivity index (χ3v) is 6.30. The van der Waals surface area contributed by atoms with Crippen LogP contribution in [0.15, 0.2) is 48.8 Å². The molecule has 4 rings (SSSR count). The van der Waals surface area contributed by atoms with Crippen LogP contribution in [-0.2, 0) is 0 Å². The fourth-order valence-corrected chi connectivity index (χ4v) is 4.53. The molecule has 35 heavy (non-hydrogen) atoms. The number of piperidine rings is 1. The number of amides is 1. The van der Waals surface area contributed by atoms with Gasteiger partial charge in [0.2, 0.25) is 0 Å². The summed E-state index contributed by atoms with van der Waals surface area (Å²) in [6.45, 7) is 3.64. The van der Waals surface area contributed by atoms with Gasteiger partial charge < -0.3 is 15.1 Å². The van der Waals surface area contributed by atoms with Gasteiger partial charge in [-0.15, -0.1) is 0 Å². The third-order valence-electron chi connectivity index (χ3n) is 6.30. The number of halogens is 4. The summed E-state index contributed by atoms with van der Waals surface area (Å²) in [6.07, 6.45) is 4.09. The van der Waals surface area contributed by atoms with E-state index in [4.69, 9.17) is 0 Å². The molecule has 1 aromatic heterocycles. The molecule has 2 atom stereocenters. The Hall–Kier alpha value is -3.46. The average Bonchev–Trinajstić information content (AvgIpc) is 2.80. The normalized spacial score (nSPS) is 18.1. The number of rotatable bonds is 5. The van der Waals surface area contributed by atoms with Crippen molar-refractivity contribution in [3.05, 3.63) is 77.6 Å². The number of likely N-dealkylation sites (N-methyl/N-ethyl adjacent to an activating group) is 1. The highest BCUT2D eigenvalue weighted by molar-refractivity contribution is 6.06. The molecule has 2 aromatic carbocycles. The topological polar surface area (TPSA) is 48.5 Å². The molecule has 1 fully saturated rings. The molecule has 0 radical (unpaired) electrons. The molecule has 5 nitrogen and oxygen atoms in total. The van der Waals surface area contributed by atoms with Crippen LogP contribution in [0.3, 0.4) is 0 Å². The van der Waals surface area contributed by atoms with E-state index in [1.54, 1.807) is 12.3 Å². The van der Waals surface area contributed by atoms with Gasteiger partial charge in [0, 0.05) is 25.3 Å². The van der Waals surface area contributed by atoms with Crippen LogP contribution in [0, 0.1) is 29.2 Å². The Labute approximate surface area is 201 Å². The number of hydrogen-bond acceptors (Lipinski definition) is 4. The van der Waals surface area contributed by atoms with Crippen LogP contribution in [0.25, 0.3) is 11.1 Å². The van der Waals surface area contributed by atoms with Crippen molar-refractivity contribution in [2.75, 3.05) is 37.4 Å². The smallest absolute Gasteiger partial charge is 0.258 e. The third kappa shape index (κ3) is 5.00. The van der Waals surface area contributed by atoms with Gasteiger partial charge in [-0.25, -0.2) is 17.6 Å². The Morgan fingerprint density at radius 1 is 1.00 bits per heavy atom. The predicted molar refractivity (Wildman–Crippen MR) is 127 cm³/mol. The fraction of sp³-hybridized carbons (Fsp3) is 0.308. The van der Waals surface area contributed by atoms with E-state index in [1.165, 1.54) is 6.20 Å². The van der Waals surface area contributed by atoms with E-state index in [0.717, 1.165) is 55.5 Å². The molecule has 0 spiro atoms. The average molecular weight is 487 g/mol. The van der Waals surface area contributed by atoms with Crippen LogP contribution in [0.5, 0.6) is 0 Å². The molecule has 184 valence electrons. The molecule has 1 aliphatic heterocycles. The summed E-state index contributed by atoms with van der Waals surface area (Å²) in [5.74, 6) is -5.28. The highest BCUT2D eigenvalue weighted by Crippen LogP contribution is 2.34. The summed E-state index contributed by atoms with van der Waals surface area (Å²) >= 11 is 0. The zero-order valence-corrected chi connectivity index (χ0v) is 19.7. The number of anilines is 2. The summed E-state index contributed by atoms with van der Waals surface area (Å²) in [4.78, 5) is 21.4. The van der Waals surface area contributed by atoms with Crippen LogP contribution in [0.1, 0.15) is 23.7 Å². The SMILES string of the molecule is C[C@@H]1C[C@H](N(C)C)CN(c2ccncc2NC(=O)c2ccc(F)c(-c3c(F)cccc3F)c2F)C1. The van der Waals surface area contributed by atoms with Crippen molar-refractivity contribution >= 4 is 17.3 Å². The first-order valence-corrected chi connectivity index (χ1v) is 11.3. The number of nitrogens with zero attached hydrogens (tertiary/aromatic N) is 3. The first kappa shape index (κ1) is 24.7. The minimum Gasteiger partial charge on any atom is -0.368 e. The van der Waals surface area contributed by atoms with Gasteiger partial charge >= 0.3 is 0 Å². The molecule has 1 saturated heterocycles. The molecule has 9 heteroatoms. The lowest BCUT2D eigenvalue weighted by Crippen LogP contribution is -2.48. The number of hydrogen-bond donors (Lipinski definition) is 1. The van der Waals surface area contributed by atoms with Gasteiger partial charge in [0.05, 0.1) is 34.3 Å². The summed E-state index contributed by atoms with van der Waals surface area (Å²) in [7, 11) is 4.03. The van der Waals surface area contributed by atoms with E-state index in [1.807, 2.05) is 14.1 Å². The maximum atomic E-state index is 15.3. The highest BCUT2D eigenvalue weighted by Gasteiger charge is 2.29. The first-order chi connectivity index (χ1) is 16.7. The standard InChI is InChI=1S/C26H26F4N4O/c1-15-11-16(33(2)3)14-34(13-15)22-9-10-31-12-21(22)32-26(35)17-7-8-20(29)24(25(17)30)23-18(27)5-4-6-19(23)28/h4-10,12,15-16H,11,13-14H2,1-3H3,(H,32,35)/t15-,16+/m1/s1. The van der Waals surface area contributed by atoms with Crippen molar-refractivity contribution in [1.82, 2.24) is 9.88 Å². The minimum absolute atomic E-state index is 0.309. The Balaban J connectivity index is 1.67. The van der Waals surface area contributed by atoms with Gasteiger partial charge in [-0.3, -0.25) is 9.78 Å². The zero-order valence-electron chi connectivity index (χ0n) is 19.7. The Morgan fingerprint density at radius 3 is 2.37 bits per heavy atom. The van der Waals surface area contributed by atoms with Crippen molar-refractivity contribution in [2.45, 2.75) is 19.4 Å². The molecule has 1 amide bonds. The van der Waals surface area contributed by atoms with Gasteiger partial charge in [0.1, 0.15) is 23.3 Å². The fourth-order valence-electron chi connectivity index (χ4n) is 4.53. The largest absolute Gasteiger partial charge is 0.368 e. The maximum Gasteiger partial charge on any atom is 0.258 e. The monoisotopic (exact) mass is 486 g/mol. The number of aromatic nitrogens is 1. The molecule has 3 aromatic rings. The van der Waals surface area contributed by atoms with E-state index in [0.29, 0.717) is 17.6 Å². The highest BCUT2D eigenvalue weighted by atomic mass is 19.1. The summed E-state index contributed by atoms with van der Waals surface area (Å²) in [6, 6.07) is 6.72. The van der Waals surface area contributed by atoms with Gasteiger partial charge in [-0.2, -0.15) is 0 Å². The van der Waals surface area contributed by atoms with Crippen molar-refractivity contribution in [1.29, 1.82) is 0 Å². The second-order valence-corrected chi connectivity index (χ2v) is 9.09. The van der Waals surface area contributed by atoms with Gasteiger partial charge in [0.15, 0.2) is 0 Å². The Bertz CT molecular complexity index is 1230. The molecule has 1 aliphatic rings. The number of carbonyl (C=O) groups is 1. The number of pyridine rings is 1. The first-order valence-electron chi connectivity index (χ1n) is 11.3. The van der Waals surface area contributed by atoms with E-state index in [2.05, 4.69) is 27.0 Å². The van der Waals surface area contributed by atoms with Crippen LogP contribution >= 0.6 is 0 Å². The summed E-state index contributed by atoms with van der Waals surface area (Å²) < 4.78 is 58.3. The van der Waals surface area contributed by atoms with E-state index in [9.17, 15) is 18.0 Å². The van der Waals surface area contributed by atoms with Gasteiger partial charge in [-0.1, -0.05) is 13.0 Å². The Kier molecular flexibility index (Phi) is 7.07. The van der Waals surface area contributed by atoms with Crippen LogP contribution in [0.4, 0.5) is 28.9 Å². The zero-order chi connectivity index (χ0) is 25.3. The minimum atomic E-state index is -1.35. The summed E-state index contributed by atoms with van der Waals surface area (Å²) in [5, 5.41) is 2.64. The molecule has 0 bridgehead atoms. The predicted octanol–water partition coefficient (Wildman–Crippen LogP) is 5.33. The molecule has 1 N–H and O–H groups in total. The van der Waals surface area contributed by atoms with Crippen LogP contribution < -0.4 is 10.2 Å². The molecule has 0 unspecified atom stereocenters. The van der Waals surface area contributed by atoms with Crippen LogP contribution in [0.2, 0.25) is 0 Å². The van der Waals surface area contributed by atoms with Gasteiger partial charge in [-0.05, 0) is 56.8 Å². The number of benzene rings is 2. The lowest BCUT2D eigenvalue weighted by molar-refractivity contribution is 0.102. The van der Waals surface area contributed by atoms with Gasteiger partial charge in [0.25, 0.3) is 5.91 Å². The molecular weight excluding hydrogens is 460 g/mol. The van der Waals surface area contributed by atoms with Crippen molar-refractivity contribution in [2.24, 2.45) is 5.92 Å². The van der Waals surface area contributed by atoms with Crippen LogP contribution in [-0.4, -0.2) is 49.0 Å². The molecule has 2 heterocycles. The van der Waals surface area contributed by atoms with E-state index in [-0.39, 0.29) is 0 Å².